The molecule has 0 aliphatic carbocycles. The number of carboxylic acids is 1. The van der Waals surface area contributed by atoms with Gasteiger partial charge in [-0.1, -0.05) is 30.3 Å². The van der Waals surface area contributed by atoms with Gasteiger partial charge in [-0.2, -0.15) is 11.8 Å². The number of aliphatic carboxylic acids is 1. The molecular weight excluding hydrogens is 344 g/mol. The minimum absolute atomic E-state index is 0.0792. The number of hydrogen-bond acceptors (Lipinski definition) is 5. The number of nitrogens with one attached hydrogen (secondary N) is 2. The highest BCUT2D eigenvalue weighted by Gasteiger charge is 2.33. The highest BCUT2D eigenvalue weighted by Crippen LogP contribution is 2.08. The maximum atomic E-state index is 12.3. The summed E-state index contributed by atoms with van der Waals surface area (Å²) in [5, 5.41) is 14.1. The Kier molecular flexibility index (Phi) is 8.27. The Morgan fingerprint density at radius 1 is 1.24 bits per heavy atom. The lowest BCUT2D eigenvalue weighted by atomic mass is 10.0. The average Bonchev–Trinajstić information content (AvgIpc) is 2.56. The molecule has 0 unspecified atom stereocenters. The molecule has 25 heavy (non-hydrogen) atoms. The van der Waals surface area contributed by atoms with Crippen LogP contribution in [0.25, 0.3) is 0 Å². The Hall–Kier alpha value is -2.22. The van der Waals surface area contributed by atoms with Crippen molar-refractivity contribution in [2.75, 3.05) is 12.0 Å². The first kappa shape index (κ1) is 20.8. The molecule has 1 aromatic carbocycles. The Labute approximate surface area is 151 Å². The molecule has 2 amide bonds. The van der Waals surface area contributed by atoms with Gasteiger partial charge in [-0.3, -0.25) is 4.79 Å². The largest absolute Gasteiger partial charge is 0.480 e. The number of rotatable bonds is 9. The van der Waals surface area contributed by atoms with E-state index in [-0.39, 0.29) is 6.61 Å². The molecule has 0 heterocycles. The van der Waals surface area contributed by atoms with Gasteiger partial charge >= 0.3 is 12.1 Å². The van der Waals surface area contributed by atoms with Gasteiger partial charge in [-0.05, 0) is 37.8 Å². The van der Waals surface area contributed by atoms with E-state index in [0.717, 1.165) is 5.56 Å². The molecular formula is C17H24N2O5S. The van der Waals surface area contributed by atoms with Gasteiger partial charge in [0.15, 0.2) is 0 Å². The van der Waals surface area contributed by atoms with Crippen LogP contribution < -0.4 is 10.6 Å². The van der Waals surface area contributed by atoms with Crippen LogP contribution in [0, 0.1) is 0 Å². The maximum absolute atomic E-state index is 12.3. The fourth-order valence-corrected chi connectivity index (χ4v) is 2.37. The number of ether oxygens (including phenoxy) is 1. The molecule has 1 atom stereocenters. The molecule has 0 aliphatic heterocycles. The summed E-state index contributed by atoms with van der Waals surface area (Å²) < 4.78 is 5.08. The molecule has 0 fully saturated rings. The quantitative estimate of drug-likeness (QED) is 0.616. The van der Waals surface area contributed by atoms with Crippen LogP contribution >= 0.6 is 11.8 Å². The molecule has 1 aromatic rings. The fraction of sp³-hybridized carbons (Fsp3) is 0.471. The zero-order chi connectivity index (χ0) is 18.9. The topological polar surface area (TPSA) is 105 Å². The summed E-state index contributed by atoms with van der Waals surface area (Å²) in [5.41, 5.74) is -0.483. The number of alkyl carbamates (subject to hydrolysis) is 1. The van der Waals surface area contributed by atoms with Gasteiger partial charge in [-0.25, -0.2) is 9.59 Å². The summed E-state index contributed by atoms with van der Waals surface area (Å²) in [6.45, 7) is 3.05. The van der Waals surface area contributed by atoms with Crippen LogP contribution in [0.1, 0.15) is 25.8 Å². The van der Waals surface area contributed by atoms with E-state index >= 15 is 0 Å². The van der Waals surface area contributed by atoms with Gasteiger partial charge < -0.3 is 20.5 Å². The smallest absolute Gasteiger partial charge is 0.408 e. The number of benzene rings is 1. The molecule has 0 radical (unpaired) electrons. The summed E-state index contributed by atoms with van der Waals surface area (Å²) >= 11 is 1.49. The molecule has 0 saturated heterocycles. The van der Waals surface area contributed by atoms with E-state index in [4.69, 9.17) is 4.74 Å². The van der Waals surface area contributed by atoms with Gasteiger partial charge in [0.25, 0.3) is 0 Å². The predicted molar refractivity (Wildman–Crippen MR) is 96.4 cm³/mol. The first-order valence-corrected chi connectivity index (χ1v) is 9.17. The van der Waals surface area contributed by atoms with E-state index in [0.29, 0.717) is 12.2 Å². The standard InChI is InChI=1S/C17H24N2O5S/c1-17(2,15(22)18-13(14(20)21)9-10-25-3)19-16(23)24-11-12-7-5-4-6-8-12/h4-8,13H,9-11H2,1-3H3,(H,18,22)(H,19,23)(H,20,21)/t13-/m0/s1. The van der Waals surface area contributed by atoms with Crippen molar-refractivity contribution in [1.29, 1.82) is 0 Å². The lowest BCUT2D eigenvalue weighted by molar-refractivity contribution is -0.142. The van der Waals surface area contributed by atoms with Crippen LogP contribution in [0.3, 0.4) is 0 Å². The van der Waals surface area contributed by atoms with Gasteiger partial charge in [0.1, 0.15) is 18.2 Å². The van der Waals surface area contributed by atoms with Crippen LogP contribution in [0.4, 0.5) is 4.79 Å². The highest BCUT2D eigenvalue weighted by atomic mass is 32.2. The first-order valence-electron chi connectivity index (χ1n) is 7.78. The third-order valence-electron chi connectivity index (χ3n) is 3.41. The van der Waals surface area contributed by atoms with Crippen LogP contribution in [0.15, 0.2) is 30.3 Å². The summed E-state index contributed by atoms with van der Waals surface area (Å²) in [4.78, 5) is 35.4. The average molecular weight is 368 g/mol. The molecule has 7 nitrogen and oxygen atoms in total. The molecule has 0 aromatic heterocycles. The van der Waals surface area contributed by atoms with Crippen LogP contribution in [0.5, 0.6) is 0 Å². The summed E-state index contributed by atoms with van der Waals surface area (Å²) in [6.07, 6.45) is 1.41. The second-order valence-corrected chi connectivity index (χ2v) is 6.94. The van der Waals surface area contributed by atoms with E-state index in [1.165, 1.54) is 25.6 Å². The Morgan fingerprint density at radius 2 is 1.88 bits per heavy atom. The van der Waals surface area contributed by atoms with Crippen molar-refractivity contribution < 1.29 is 24.2 Å². The monoisotopic (exact) mass is 368 g/mol. The SMILES string of the molecule is CSCC[C@H](NC(=O)C(C)(C)NC(=O)OCc1ccccc1)C(=O)O. The van der Waals surface area contributed by atoms with Crippen molar-refractivity contribution in [3.05, 3.63) is 35.9 Å². The number of amides is 2. The van der Waals surface area contributed by atoms with Crippen molar-refractivity contribution >= 4 is 29.7 Å². The van der Waals surface area contributed by atoms with E-state index in [2.05, 4.69) is 10.6 Å². The third kappa shape index (κ3) is 7.47. The zero-order valence-corrected chi connectivity index (χ0v) is 15.4. The van der Waals surface area contributed by atoms with Gasteiger partial charge in [-0.15, -0.1) is 0 Å². The van der Waals surface area contributed by atoms with Gasteiger partial charge in [0.05, 0.1) is 0 Å². The molecule has 3 N–H and O–H groups in total. The minimum atomic E-state index is -1.30. The van der Waals surface area contributed by atoms with Crippen molar-refractivity contribution in [1.82, 2.24) is 10.6 Å². The maximum Gasteiger partial charge on any atom is 0.408 e. The fourth-order valence-electron chi connectivity index (χ4n) is 1.90. The summed E-state index contributed by atoms with van der Waals surface area (Å²) in [6, 6.07) is 8.14. The molecule has 8 heteroatoms. The number of carbonyl (C=O) groups is 3. The van der Waals surface area contributed by atoms with Crippen molar-refractivity contribution in [2.45, 2.75) is 38.5 Å². The van der Waals surface area contributed by atoms with Crippen LogP contribution in [-0.4, -0.2) is 46.7 Å². The molecule has 1 rings (SSSR count). The van der Waals surface area contributed by atoms with Crippen molar-refractivity contribution in [2.24, 2.45) is 0 Å². The van der Waals surface area contributed by atoms with E-state index in [1.807, 2.05) is 36.6 Å². The van der Waals surface area contributed by atoms with Gasteiger partial charge in [0.2, 0.25) is 5.91 Å². The molecule has 138 valence electrons. The molecule has 0 spiro atoms. The summed E-state index contributed by atoms with van der Waals surface area (Å²) in [5.74, 6) is -1.09. The Bertz CT molecular complexity index is 592. The highest BCUT2D eigenvalue weighted by molar-refractivity contribution is 7.98. The van der Waals surface area contributed by atoms with Crippen LogP contribution in [-0.2, 0) is 20.9 Å². The minimum Gasteiger partial charge on any atom is -0.480 e. The zero-order valence-electron chi connectivity index (χ0n) is 14.6. The molecule has 0 bridgehead atoms. The second kappa shape index (κ2) is 9.93. The Morgan fingerprint density at radius 3 is 2.44 bits per heavy atom. The lowest BCUT2D eigenvalue weighted by Crippen LogP contribution is -2.58. The number of thioether (sulfide) groups is 1. The first-order chi connectivity index (χ1) is 11.8. The van der Waals surface area contributed by atoms with E-state index in [9.17, 15) is 19.5 Å². The number of carboxylic acid groups (broad SMARTS) is 1. The van der Waals surface area contributed by atoms with Crippen molar-refractivity contribution in [3.8, 4) is 0 Å². The normalized spacial score (nSPS) is 12.1. The molecule has 0 saturated carbocycles. The number of hydrogen-bond donors (Lipinski definition) is 3. The lowest BCUT2D eigenvalue weighted by Gasteiger charge is -2.26. The Balaban J connectivity index is 2.55. The molecule has 0 aliphatic rings. The third-order valence-corrected chi connectivity index (χ3v) is 4.05. The van der Waals surface area contributed by atoms with E-state index in [1.54, 1.807) is 0 Å². The predicted octanol–water partition coefficient (Wildman–Crippen LogP) is 2.01. The van der Waals surface area contributed by atoms with Crippen LogP contribution in [0.2, 0.25) is 0 Å². The van der Waals surface area contributed by atoms with Gasteiger partial charge in [0, 0.05) is 0 Å². The van der Waals surface area contributed by atoms with Crippen molar-refractivity contribution in [3.63, 3.8) is 0 Å². The number of carbonyl (C=O) groups excluding carboxylic acids is 2. The summed E-state index contributed by atoms with van der Waals surface area (Å²) in [7, 11) is 0. The second-order valence-electron chi connectivity index (χ2n) is 5.96. The van der Waals surface area contributed by atoms with E-state index < -0.39 is 29.6 Å².